The minimum Gasteiger partial charge on any atom is -0.508 e. The molecule has 0 aromatic heterocycles. The molecule has 29 heavy (non-hydrogen) atoms. The molecule has 0 radical (unpaired) electrons. The number of aryl methyl sites for hydroxylation is 1. The molecular formula is C26H34O3. The maximum atomic E-state index is 12.4. The van der Waals surface area contributed by atoms with Crippen LogP contribution in [-0.4, -0.2) is 10.9 Å². The van der Waals surface area contributed by atoms with Gasteiger partial charge in [0.15, 0.2) is 5.78 Å². The second kappa shape index (κ2) is 14.9. The molecule has 1 N–H and O–H groups in total. The summed E-state index contributed by atoms with van der Waals surface area (Å²) in [5, 5.41) is 9.25. The molecular weight excluding hydrogens is 360 g/mol. The molecule has 0 fully saturated rings. The highest BCUT2D eigenvalue weighted by atomic mass is 16.5. The van der Waals surface area contributed by atoms with E-state index in [0.29, 0.717) is 22.6 Å². The lowest BCUT2D eigenvalue weighted by molar-refractivity contribution is 0.103. The summed E-state index contributed by atoms with van der Waals surface area (Å²) in [6.07, 6.45) is 0. The summed E-state index contributed by atoms with van der Waals surface area (Å²) in [6.45, 7) is 14.0. The van der Waals surface area contributed by atoms with E-state index in [1.54, 1.807) is 48.5 Å². The molecule has 3 rings (SSSR count). The quantitative estimate of drug-likeness (QED) is 0.459. The number of aromatic hydroxyl groups is 1. The van der Waals surface area contributed by atoms with Gasteiger partial charge >= 0.3 is 0 Å². The first-order chi connectivity index (χ1) is 14.1. The van der Waals surface area contributed by atoms with Crippen molar-refractivity contribution in [3.8, 4) is 17.2 Å². The van der Waals surface area contributed by atoms with Crippen LogP contribution < -0.4 is 4.74 Å². The molecule has 0 aliphatic rings. The van der Waals surface area contributed by atoms with Gasteiger partial charge in [-0.25, -0.2) is 0 Å². The lowest BCUT2D eigenvalue weighted by Crippen LogP contribution is -2.00. The van der Waals surface area contributed by atoms with Crippen molar-refractivity contribution in [1.29, 1.82) is 0 Å². The average molecular weight is 395 g/mol. The Morgan fingerprint density at radius 1 is 0.621 bits per heavy atom. The molecule has 0 spiro atoms. The van der Waals surface area contributed by atoms with Crippen LogP contribution in [0.25, 0.3) is 0 Å². The van der Waals surface area contributed by atoms with Crippen LogP contribution >= 0.6 is 0 Å². The number of hydrogen-bond acceptors (Lipinski definition) is 3. The largest absolute Gasteiger partial charge is 0.508 e. The van der Waals surface area contributed by atoms with E-state index in [1.807, 2.05) is 72.7 Å². The van der Waals surface area contributed by atoms with Crippen LogP contribution in [0.4, 0.5) is 0 Å². The second-order valence-corrected chi connectivity index (χ2v) is 5.32. The zero-order valence-electron chi connectivity index (χ0n) is 18.7. The molecule has 0 saturated heterocycles. The van der Waals surface area contributed by atoms with Crippen molar-refractivity contribution in [3.05, 3.63) is 89.5 Å². The molecule has 0 bridgehead atoms. The van der Waals surface area contributed by atoms with Crippen LogP contribution in [0, 0.1) is 6.92 Å². The number of carbonyl (C=O) groups excluding carboxylic acids is 1. The van der Waals surface area contributed by atoms with Crippen LogP contribution in [-0.2, 0) is 0 Å². The molecule has 0 amide bonds. The van der Waals surface area contributed by atoms with Crippen molar-refractivity contribution in [1.82, 2.24) is 0 Å². The number of carbonyl (C=O) groups is 1. The van der Waals surface area contributed by atoms with E-state index < -0.39 is 0 Å². The highest BCUT2D eigenvalue weighted by Crippen LogP contribution is 2.24. The SMILES string of the molecule is CC.CC.CC.Cc1ccc(C(=O)c2ccc(Oc3ccc(O)cc3)cc2)cc1. The van der Waals surface area contributed by atoms with Gasteiger partial charge in [0.1, 0.15) is 17.2 Å². The Labute approximate surface area is 176 Å². The predicted molar refractivity (Wildman–Crippen MR) is 123 cm³/mol. The topological polar surface area (TPSA) is 46.5 Å². The third-order valence-electron chi connectivity index (χ3n) is 3.50. The Morgan fingerprint density at radius 2 is 0.966 bits per heavy atom. The van der Waals surface area contributed by atoms with Crippen LogP contribution in [0.5, 0.6) is 17.2 Å². The summed E-state index contributed by atoms with van der Waals surface area (Å²) in [5.41, 5.74) is 2.41. The van der Waals surface area contributed by atoms with E-state index in [2.05, 4.69) is 0 Å². The summed E-state index contributed by atoms with van der Waals surface area (Å²) in [6, 6.07) is 21.0. The molecule has 0 saturated carbocycles. The zero-order valence-corrected chi connectivity index (χ0v) is 18.7. The van der Waals surface area contributed by atoms with E-state index >= 15 is 0 Å². The molecule has 0 aliphatic carbocycles. The van der Waals surface area contributed by atoms with Crippen molar-refractivity contribution in [3.63, 3.8) is 0 Å². The summed E-state index contributed by atoms with van der Waals surface area (Å²) in [4.78, 5) is 12.4. The van der Waals surface area contributed by atoms with Crippen LogP contribution in [0.1, 0.15) is 63.0 Å². The first-order valence-electron chi connectivity index (χ1n) is 10.3. The van der Waals surface area contributed by atoms with Gasteiger partial charge in [-0.1, -0.05) is 71.4 Å². The molecule has 0 heterocycles. The third-order valence-corrected chi connectivity index (χ3v) is 3.50. The summed E-state index contributed by atoms with van der Waals surface area (Å²) < 4.78 is 5.67. The normalized spacial score (nSPS) is 8.79. The lowest BCUT2D eigenvalue weighted by Gasteiger charge is -2.07. The van der Waals surface area contributed by atoms with Crippen LogP contribution in [0.15, 0.2) is 72.8 Å². The first-order valence-corrected chi connectivity index (χ1v) is 10.3. The molecule has 3 nitrogen and oxygen atoms in total. The number of phenols is 1. The Bertz CT molecular complexity index is 802. The maximum absolute atomic E-state index is 12.4. The molecule has 156 valence electrons. The maximum Gasteiger partial charge on any atom is 0.193 e. The summed E-state index contributed by atoms with van der Waals surface area (Å²) >= 11 is 0. The molecule has 3 aromatic carbocycles. The van der Waals surface area contributed by atoms with E-state index in [4.69, 9.17) is 4.74 Å². The highest BCUT2D eigenvalue weighted by molar-refractivity contribution is 6.09. The smallest absolute Gasteiger partial charge is 0.193 e. The van der Waals surface area contributed by atoms with E-state index in [1.165, 1.54) is 0 Å². The van der Waals surface area contributed by atoms with Crippen LogP contribution in [0.2, 0.25) is 0 Å². The van der Waals surface area contributed by atoms with Crippen molar-refractivity contribution >= 4 is 5.78 Å². The molecule has 0 unspecified atom stereocenters. The van der Waals surface area contributed by atoms with Gasteiger partial charge in [-0.15, -0.1) is 0 Å². The molecule has 0 aliphatic heterocycles. The molecule has 0 atom stereocenters. The molecule has 3 heteroatoms. The Balaban J connectivity index is 0.00000120. The number of phenolic OH excluding ortho intramolecular Hbond substituents is 1. The van der Waals surface area contributed by atoms with Crippen molar-refractivity contribution in [2.75, 3.05) is 0 Å². The van der Waals surface area contributed by atoms with Gasteiger partial charge in [0.05, 0.1) is 0 Å². The Morgan fingerprint density at radius 3 is 1.38 bits per heavy atom. The molecule has 3 aromatic rings. The summed E-state index contributed by atoms with van der Waals surface area (Å²) in [5.74, 6) is 1.44. The standard InChI is InChI=1S/C20H16O3.3C2H6/c1-14-2-4-15(5-3-14)20(22)16-6-10-18(11-7-16)23-19-12-8-17(21)9-13-19;3*1-2/h2-13,21H,1H3;3*1-2H3. The third kappa shape index (κ3) is 8.65. The second-order valence-electron chi connectivity index (χ2n) is 5.32. The van der Waals surface area contributed by atoms with Gasteiger partial charge in [0, 0.05) is 11.1 Å². The zero-order chi connectivity index (χ0) is 22.2. The summed E-state index contributed by atoms with van der Waals surface area (Å²) in [7, 11) is 0. The fraction of sp³-hybridized carbons (Fsp3) is 0.269. The monoisotopic (exact) mass is 394 g/mol. The first kappa shape index (κ1) is 25.9. The Kier molecular flexibility index (Phi) is 13.3. The predicted octanol–water partition coefficient (Wildman–Crippen LogP) is 7.80. The fourth-order valence-electron chi connectivity index (χ4n) is 2.20. The van der Waals surface area contributed by atoms with Gasteiger partial charge in [0.25, 0.3) is 0 Å². The van der Waals surface area contributed by atoms with Gasteiger partial charge in [-0.3, -0.25) is 4.79 Å². The van der Waals surface area contributed by atoms with Gasteiger partial charge in [-0.2, -0.15) is 0 Å². The number of rotatable bonds is 4. The van der Waals surface area contributed by atoms with Crippen molar-refractivity contribution in [2.45, 2.75) is 48.5 Å². The number of hydrogen-bond donors (Lipinski definition) is 1. The van der Waals surface area contributed by atoms with Gasteiger partial charge in [0.2, 0.25) is 0 Å². The Hall–Kier alpha value is -3.07. The van der Waals surface area contributed by atoms with Crippen molar-refractivity contribution in [2.24, 2.45) is 0 Å². The number of benzene rings is 3. The number of ketones is 1. The van der Waals surface area contributed by atoms with E-state index in [0.717, 1.165) is 5.56 Å². The van der Waals surface area contributed by atoms with Crippen molar-refractivity contribution < 1.29 is 14.6 Å². The van der Waals surface area contributed by atoms with Gasteiger partial charge < -0.3 is 9.84 Å². The van der Waals surface area contributed by atoms with E-state index in [9.17, 15) is 9.90 Å². The van der Waals surface area contributed by atoms with Gasteiger partial charge in [-0.05, 0) is 55.5 Å². The highest BCUT2D eigenvalue weighted by Gasteiger charge is 2.09. The minimum atomic E-state index is -0.0128. The fourth-order valence-corrected chi connectivity index (χ4v) is 2.20. The number of ether oxygens (including phenoxy) is 1. The average Bonchev–Trinajstić information content (AvgIpc) is 2.80. The van der Waals surface area contributed by atoms with E-state index in [-0.39, 0.29) is 11.5 Å². The van der Waals surface area contributed by atoms with Crippen LogP contribution in [0.3, 0.4) is 0 Å². The lowest BCUT2D eigenvalue weighted by atomic mass is 10.0. The minimum absolute atomic E-state index is 0.0128.